The van der Waals surface area contributed by atoms with Crippen LogP contribution >= 0.6 is 11.8 Å². The van der Waals surface area contributed by atoms with Gasteiger partial charge in [-0.25, -0.2) is 0 Å². The van der Waals surface area contributed by atoms with Crippen molar-refractivity contribution in [1.29, 1.82) is 0 Å². The number of aryl methyl sites for hydroxylation is 1. The minimum absolute atomic E-state index is 0.909. The summed E-state index contributed by atoms with van der Waals surface area (Å²) in [5.74, 6) is 1.83. The summed E-state index contributed by atoms with van der Waals surface area (Å²) in [5, 5.41) is 5.48. The predicted octanol–water partition coefficient (Wildman–Crippen LogP) is 3.87. The van der Waals surface area contributed by atoms with E-state index in [0.29, 0.717) is 0 Å². The largest absolute Gasteiger partial charge is 0.496 e. The summed E-state index contributed by atoms with van der Waals surface area (Å²) in [7, 11) is 3.67. The number of fused-ring (bicyclic) bond motifs is 1. The number of methoxy groups -OCH3 is 1. The molecular weight excluding hydrogens is 268 g/mol. The summed E-state index contributed by atoms with van der Waals surface area (Å²) < 4.78 is 7.38. The Morgan fingerprint density at radius 1 is 1.15 bits per heavy atom. The number of hydrogen-bond acceptors (Lipinski definition) is 3. The molecule has 0 bridgehead atoms. The minimum Gasteiger partial charge on any atom is -0.496 e. The standard InChI is InChI=1S/C16H16N2OS/c1-18-14-8-9-15(19-2)16(13(14)10-17-18)20-11-12-6-4-3-5-7-12/h3-10H,11H2,1-2H3. The highest BCUT2D eigenvalue weighted by Crippen LogP contribution is 2.37. The van der Waals surface area contributed by atoms with E-state index < -0.39 is 0 Å². The van der Waals surface area contributed by atoms with E-state index in [2.05, 4.69) is 29.4 Å². The Kier molecular flexibility index (Phi) is 3.65. The van der Waals surface area contributed by atoms with Crippen LogP contribution in [-0.4, -0.2) is 16.9 Å². The number of benzene rings is 2. The summed E-state index contributed by atoms with van der Waals surface area (Å²) in [5.41, 5.74) is 2.43. The van der Waals surface area contributed by atoms with Crippen LogP contribution in [0, 0.1) is 0 Å². The van der Waals surface area contributed by atoms with Gasteiger partial charge in [-0.15, -0.1) is 11.8 Å². The van der Waals surface area contributed by atoms with Gasteiger partial charge >= 0.3 is 0 Å². The van der Waals surface area contributed by atoms with Crippen LogP contribution in [0.4, 0.5) is 0 Å². The summed E-state index contributed by atoms with van der Waals surface area (Å²) in [6, 6.07) is 14.5. The van der Waals surface area contributed by atoms with Crippen molar-refractivity contribution < 1.29 is 4.74 Å². The fraction of sp³-hybridized carbons (Fsp3) is 0.188. The van der Waals surface area contributed by atoms with E-state index in [1.165, 1.54) is 5.56 Å². The van der Waals surface area contributed by atoms with Crippen molar-refractivity contribution in [3.8, 4) is 5.75 Å². The fourth-order valence-corrected chi connectivity index (χ4v) is 3.33. The van der Waals surface area contributed by atoms with E-state index in [-0.39, 0.29) is 0 Å². The zero-order valence-electron chi connectivity index (χ0n) is 11.5. The molecular formula is C16H16N2OS. The van der Waals surface area contributed by atoms with Crippen molar-refractivity contribution >= 4 is 22.7 Å². The third kappa shape index (κ3) is 2.39. The van der Waals surface area contributed by atoms with Gasteiger partial charge in [0.05, 0.1) is 23.7 Å². The first kappa shape index (κ1) is 13.1. The van der Waals surface area contributed by atoms with Crippen LogP contribution in [-0.2, 0) is 12.8 Å². The van der Waals surface area contributed by atoms with Gasteiger partial charge in [0.25, 0.3) is 0 Å². The van der Waals surface area contributed by atoms with Crippen LogP contribution in [0.3, 0.4) is 0 Å². The summed E-state index contributed by atoms with van der Waals surface area (Å²) in [4.78, 5) is 1.15. The van der Waals surface area contributed by atoms with E-state index >= 15 is 0 Å². The summed E-state index contributed by atoms with van der Waals surface area (Å²) in [6.07, 6.45) is 1.91. The average Bonchev–Trinajstić information content (AvgIpc) is 2.87. The van der Waals surface area contributed by atoms with Crippen molar-refractivity contribution in [2.45, 2.75) is 10.6 Å². The SMILES string of the molecule is COc1ccc2c(cnn2C)c1SCc1ccccc1. The molecule has 3 nitrogen and oxygen atoms in total. The molecule has 102 valence electrons. The van der Waals surface area contributed by atoms with Gasteiger partial charge in [-0.1, -0.05) is 30.3 Å². The van der Waals surface area contributed by atoms with Crippen LogP contribution in [0.1, 0.15) is 5.56 Å². The minimum atomic E-state index is 0.909. The molecule has 4 heteroatoms. The van der Waals surface area contributed by atoms with E-state index in [1.54, 1.807) is 18.9 Å². The lowest BCUT2D eigenvalue weighted by atomic mass is 10.2. The first-order chi connectivity index (χ1) is 9.79. The molecule has 0 aliphatic carbocycles. The third-order valence-corrected chi connectivity index (χ3v) is 4.48. The number of ether oxygens (including phenoxy) is 1. The summed E-state index contributed by atoms with van der Waals surface area (Å²) in [6.45, 7) is 0. The van der Waals surface area contributed by atoms with Gasteiger partial charge in [0.15, 0.2) is 0 Å². The molecule has 0 atom stereocenters. The van der Waals surface area contributed by atoms with Crippen LogP contribution in [0.5, 0.6) is 5.75 Å². The molecule has 0 fully saturated rings. The Morgan fingerprint density at radius 2 is 1.95 bits per heavy atom. The predicted molar refractivity (Wildman–Crippen MR) is 83.3 cm³/mol. The number of rotatable bonds is 4. The number of hydrogen-bond donors (Lipinski definition) is 0. The highest BCUT2D eigenvalue weighted by Gasteiger charge is 2.12. The van der Waals surface area contributed by atoms with Crippen LogP contribution in [0.15, 0.2) is 53.6 Å². The Morgan fingerprint density at radius 3 is 2.70 bits per heavy atom. The second-order valence-electron chi connectivity index (χ2n) is 4.57. The van der Waals surface area contributed by atoms with Gasteiger partial charge in [-0.2, -0.15) is 5.10 Å². The smallest absolute Gasteiger partial charge is 0.133 e. The Labute approximate surface area is 122 Å². The Bertz CT molecular complexity index is 722. The monoisotopic (exact) mass is 284 g/mol. The fourth-order valence-electron chi connectivity index (χ4n) is 2.22. The molecule has 1 aromatic heterocycles. The molecule has 0 aliphatic heterocycles. The quantitative estimate of drug-likeness (QED) is 0.680. The zero-order chi connectivity index (χ0) is 13.9. The van der Waals surface area contributed by atoms with E-state index in [9.17, 15) is 0 Å². The topological polar surface area (TPSA) is 27.1 Å². The van der Waals surface area contributed by atoms with Gasteiger partial charge in [-0.3, -0.25) is 4.68 Å². The second kappa shape index (κ2) is 5.59. The molecule has 0 saturated heterocycles. The Balaban J connectivity index is 1.96. The number of nitrogens with zero attached hydrogens (tertiary/aromatic N) is 2. The number of aromatic nitrogens is 2. The highest BCUT2D eigenvalue weighted by atomic mass is 32.2. The van der Waals surface area contributed by atoms with Crippen molar-refractivity contribution in [2.24, 2.45) is 7.05 Å². The maximum Gasteiger partial charge on any atom is 0.133 e. The van der Waals surface area contributed by atoms with Crippen molar-refractivity contribution in [1.82, 2.24) is 9.78 Å². The lowest BCUT2D eigenvalue weighted by Crippen LogP contribution is -1.91. The van der Waals surface area contributed by atoms with E-state index in [1.807, 2.05) is 36.1 Å². The van der Waals surface area contributed by atoms with Crippen molar-refractivity contribution in [3.63, 3.8) is 0 Å². The first-order valence-electron chi connectivity index (χ1n) is 6.45. The molecule has 0 saturated carbocycles. The average molecular weight is 284 g/mol. The lowest BCUT2D eigenvalue weighted by molar-refractivity contribution is 0.406. The molecule has 0 N–H and O–H groups in total. The molecule has 0 radical (unpaired) electrons. The van der Waals surface area contributed by atoms with Gasteiger partial charge in [0, 0.05) is 18.2 Å². The molecule has 0 amide bonds. The molecule has 20 heavy (non-hydrogen) atoms. The summed E-state index contributed by atoms with van der Waals surface area (Å²) >= 11 is 1.79. The maximum absolute atomic E-state index is 5.49. The van der Waals surface area contributed by atoms with Gasteiger partial charge in [0.1, 0.15) is 5.75 Å². The van der Waals surface area contributed by atoms with Crippen molar-refractivity contribution in [3.05, 3.63) is 54.2 Å². The maximum atomic E-state index is 5.49. The molecule has 3 rings (SSSR count). The van der Waals surface area contributed by atoms with E-state index in [4.69, 9.17) is 4.74 Å². The van der Waals surface area contributed by atoms with Crippen LogP contribution in [0.25, 0.3) is 10.9 Å². The van der Waals surface area contributed by atoms with Crippen LogP contribution < -0.4 is 4.74 Å². The van der Waals surface area contributed by atoms with Gasteiger partial charge < -0.3 is 4.74 Å². The highest BCUT2D eigenvalue weighted by molar-refractivity contribution is 7.98. The Hall–Kier alpha value is -1.94. The van der Waals surface area contributed by atoms with Gasteiger partial charge in [-0.05, 0) is 17.7 Å². The molecule has 0 spiro atoms. The molecule has 0 aliphatic rings. The first-order valence-corrected chi connectivity index (χ1v) is 7.43. The lowest BCUT2D eigenvalue weighted by Gasteiger charge is -2.09. The molecule has 2 aromatic carbocycles. The van der Waals surface area contributed by atoms with Crippen LogP contribution in [0.2, 0.25) is 0 Å². The zero-order valence-corrected chi connectivity index (χ0v) is 12.4. The molecule has 3 aromatic rings. The third-order valence-electron chi connectivity index (χ3n) is 3.29. The molecule has 1 heterocycles. The number of thioether (sulfide) groups is 1. The normalized spacial score (nSPS) is 10.9. The van der Waals surface area contributed by atoms with E-state index in [0.717, 1.165) is 27.3 Å². The second-order valence-corrected chi connectivity index (χ2v) is 5.56. The van der Waals surface area contributed by atoms with Gasteiger partial charge in [0.2, 0.25) is 0 Å². The van der Waals surface area contributed by atoms with Crippen molar-refractivity contribution in [2.75, 3.05) is 7.11 Å². The molecule has 0 unspecified atom stereocenters.